The lowest BCUT2D eigenvalue weighted by molar-refractivity contribution is -0.343. The topological polar surface area (TPSA) is 34.1 Å². The van der Waals surface area contributed by atoms with E-state index in [0.717, 1.165) is 16.7 Å². The van der Waals surface area contributed by atoms with E-state index < -0.39 is 36.0 Å². The summed E-state index contributed by atoms with van der Waals surface area (Å²) < 4.78 is 89.5. The molecule has 0 radical (unpaired) electrons. The molecule has 0 fully saturated rings. The monoisotopic (exact) mass is 468 g/mol. The average molecular weight is 468 g/mol. The maximum atomic E-state index is 13.4. The average Bonchev–Trinajstić information content (AvgIpc) is 2.79. The second-order valence-electron chi connectivity index (χ2n) is 7.19. The minimum Gasteiger partial charge on any atom is -0.294 e. The zero-order valence-corrected chi connectivity index (χ0v) is 16.7. The number of halogens is 7. The van der Waals surface area contributed by atoms with Gasteiger partial charge in [0, 0.05) is 5.56 Å². The van der Waals surface area contributed by atoms with Gasteiger partial charge >= 0.3 is 18.0 Å². The smallest absolute Gasteiger partial charge is 0.294 e. The predicted octanol–water partition coefficient (Wildman–Crippen LogP) is 7.00. The van der Waals surface area contributed by atoms with Gasteiger partial charge in [0.25, 0.3) is 0 Å². The van der Waals surface area contributed by atoms with Crippen LogP contribution in [0.2, 0.25) is 0 Å². The lowest BCUT2D eigenvalue weighted by Crippen LogP contribution is -2.56. The summed E-state index contributed by atoms with van der Waals surface area (Å²) in [6.07, 6.45) is -8.45. The fourth-order valence-corrected chi connectivity index (χ4v) is 3.05. The van der Waals surface area contributed by atoms with Gasteiger partial charge in [0.05, 0.1) is 6.42 Å². The van der Waals surface area contributed by atoms with Gasteiger partial charge in [-0.2, -0.15) is 30.7 Å². The Morgan fingerprint density at radius 2 is 0.970 bits per heavy atom. The summed E-state index contributed by atoms with van der Waals surface area (Å²) >= 11 is 0. The Hall–Kier alpha value is -3.49. The molecule has 0 unspecified atom stereocenters. The van der Waals surface area contributed by atoms with Crippen molar-refractivity contribution in [3.8, 4) is 22.3 Å². The number of alkyl halides is 7. The van der Waals surface area contributed by atoms with E-state index in [0.29, 0.717) is 5.56 Å². The molecule has 0 aliphatic rings. The number of rotatable bonds is 7. The van der Waals surface area contributed by atoms with Crippen LogP contribution in [-0.4, -0.2) is 29.6 Å². The van der Waals surface area contributed by atoms with Crippen molar-refractivity contribution in [2.45, 2.75) is 24.4 Å². The van der Waals surface area contributed by atoms with Crippen LogP contribution in [0.25, 0.3) is 22.3 Å². The molecule has 0 amide bonds. The van der Waals surface area contributed by atoms with Gasteiger partial charge in [-0.1, -0.05) is 78.9 Å². The maximum absolute atomic E-state index is 13.4. The number of carbonyl (C=O) groups is 2. The second kappa shape index (κ2) is 8.80. The van der Waals surface area contributed by atoms with Crippen LogP contribution in [0.1, 0.15) is 16.8 Å². The third-order valence-corrected chi connectivity index (χ3v) is 4.95. The molecule has 3 aromatic carbocycles. The summed E-state index contributed by atoms with van der Waals surface area (Å²) in [5.41, 5.74) is 3.07. The Labute approximate surface area is 183 Å². The molecule has 2 nitrogen and oxygen atoms in total. The fraction of sp³-hybridized carbons (Fsp3) is 0.167. The molecule has 3 rings (SSSR count). The number of Topliss-reactive ketones (excluding diaryl/α,β-unsaturated/α-hetero) is 2. The molecule has 0 bridgehead atoms. The van der Waals surface area contributed by atoms with Crippen molar-refractivity contribution in [3.05, 3.63) is 84.4 Å². The summed E-state index contributed by atoms with van der Waals surface area (Å²) in [5.74, 6) is -16.8. The van der Waals surface area contributed by atoms with Crippen LogP contribution in [0.5, 0.6) is 0 Å². The van der Waals surface area contributed by atoms with Crippen LogP contribution in [-0.2, 0) is 4.79 Å². The van der Waals surface area contributed by atoms with Crippen molar-refractivity contribution in [2.75, 3.05) is 0 Å². The Kier molecular flexibility index (Phi) is 6.44. The first-order chi connectivity index (χ1) is 15.3. The van der Waals surface area contributed by atoms with Crippen molar-refractivity contribution in [1.29, 1.82) is 0 Å². The number of benzene rings is 3. The van der Waals surface area contributed by atoms with Crippen molar-refractivity contribution in [2.24, 2.45) is 0 Å². The minimum absolute atomic E-state index is 0.279. The van der Waals surface area contributed by atoms with Crippen LogP contribution in [0.4, 0.5) is 30.7 Å². The zero-order chi connectivity index (χ0) is 24.4. The maximum Gasteiger partial charge on any atom is 0.460 e. The summed E-state index contributed by atoms with van der Waals surface area (Å²) in [5, 5.41) is 0. The number of ketones is 2. The molecule has 0 atom stereocenters. The molecule has 0 aliphatic heterocycles. The first-order valence-electron chi connectivity index (χ1n) is 9.49. The van der Waals surface area contributed by atoms with Crippen LogP contribution < -0.4 is 0 Å². The summed E-state index contributed by atoms with van der Waals surface area (Å²) in [7, 11) is 0. The molecule has 0 spiro atoms. The minimum atomic E-state index is -6.65. The molecule has 33 heavy (non-hydrogen) atoms. The Bertz CT molecular complexity index is 1130. The predicted molar refractivity (Wildman–Crippen MR) is 107 cm³/mol. The van der Waals surface area contributed by atoms with Crippen LogP contribution in [0.3, 0.4) is 0 Å². The van der Waals surface area contributed by atoms with Gasteiger partial charge in [-0.05, 0) is 22.3 Å². The zero-order valence-electron chi connectivity index (χ0n) is 16.7. The highest BCUT2D eigenvalue weighted by Crippen LogP contribution is 2.47. The van der Waals surface area contributed by atoms with E-state index >= 15 is 0 Å². The van der Waals surface area contributed by atoms with Crippen molar-refractivity contribution >= 4 is 11.6 Å². The molecule has 0 N–H and O–H groups in total. The van der Waals surface area contributed by atoms with E-state index in [-0.39, 0.29) is 5.56 Å². The Morgan fingerprint density at radius 1 is 0.576 bits per heavy atom. The number of carbonyl (C=O) groups excluding carboxylic acids is 2. The standard InChI is InChI=1S/C24H15F7O2/c25-22(26,23(27,28)24(29,30)31)21(33)14-20(32)19-12-10-18(11-13-19)17-8-6-16(7-9-17)15-4-2-1-3-5-15/h1-13H,14H2. The summed E-state index contributed by atoms with van der Waals surface area (Å²) in [4.78, 5) is 23.5. The number of hydrogen-bond donors (Lipinski definition) is 0. The number of hydrogen-bond acceptors (Lipinski definition) is 2. The molecule has 3 aromatic rings. The van der Waals surface area contributed by atoms with Crippen molar-refractivity contribution < 1.29 is 40.3 Å². The lowest BCUT2D eigenvalue weighted by Gasteiger charge is -2.26. The SMILES string of the molecule is O=C(CC(=O)C(F)(F)C(F)(F)C(F)(F)F)c1ccc(-c2ccc(-c3ccccc3)cc2)cc1. The van der Waals surface area contributed by atoms with E-state index in [1.54, 1.807) is 0 Å². The van der Waals surface area contributed by atoms with Gasteiger partial charge in [-0.25, -0.2) is 0 Å². The van der Waals surface area contributed by atoms with E-state index in [2.05, 4.69) is 0 Å². The third kappa shape index (κ3) is 4.81. The first-order valence-corrected chi connectivity index (χ1v) is 9.49. The molecule has 0 heterocycles. The van der Waals surface area contributed by atoms with Gasteiger partial charge in [0.2, 0.25) is 5.78 Å². The lowest BCUT2D eigenvalue weighted by atomic mass is 9.96. The molecule has 172 valence electrons. The molecule has 0 aromatic heterocycles. The van der Waals surface area contributed by atoms with E-state index in [1.807, 2.05) is 54.6 Å². The molecule has 0 aliphatic carbocycles. The van der Waals surface area contributed by atoms with Crippen LogP contribution in [0.15, 0.2) is 78.9 Å². The second-order valence-corrected chi connectivity index (χ2v) is 7.19. The normalized spacial score (nSPS) is 12.5. The molecule has 0 saturated carbocycles. The van der Waals surface area contributed by atoms with Crippen LogP contribution in [0, 0.1) is 0 Å². The third-order valence-electron chi connectivity index (χ3n) is 4.95. The quantitative estimate of drug-likeness (QED) is 0.213. The molecule has 0 saturated heterocycles. The van der Waals surface area contributed by atoms with Crippen LogP contribution >= 0.6 is 0 Å². The van der Waals surface area contributed by atoms with Gasteiger partial charge in [-0.3, -0.25) is 9.59 Å². The summed E-state index contributed by atoms with van der Waals surface area (Å²) in [6, 6.07) is 22.1. The highest BCUT2D eigenvalue weighted by Gasteiger charge is 2.75. The largest absolute Gasteiger partial charge is 0.460 e. The fourth-order valence-electron chi connectivity index (χ4n) is 3.05. The molecular formula is C24H15F7O2. The first kappa shape index (κ1) is 24.2. The highest BCUT2D eigenvalue weighted by atomic mass is 19.4. The molecule has 9 heteroatoms. The van der Waals surface area contributed by atoms with E-state index in [9.17, 15) is 40.3 Å². The highest BCUT2D eigenvalue weighted by molar-refractivity contribution is 6.10. The van der Waals surface area contributed by atoms with Gasteiger partial charge < -0.3 is 0 Å². The van der Waals surface area contributed by atoms with Gasteiger partial charge in [0.15, 0.2) is 5.78 Å². The Morgan fingerprint density at radius 3 is 1.39 bits per heavy atom. The molecular weight excluding hydrogens is 453 g/mol. The van der Waals surface area contributed by atoms with Crippen molar-refractivity contribution in [3.63, 3.8) is 0 Å². The van der Waals surface area contributed by atoms with E-state index in [4.69, 9.17) is 0 Å². The van der Waals surface area contributed by atoms with E-state index in [1.165, 1.54) is 24.3 Å². The Balaban J connectivity index is 1.72. The van der Waals surface area contributed by atoms with Gasteiger partial charge in [-0.15, -0.1) is 0 Å². The van der Waals surface area contributed by atoms with Gasteiger partial charge in [0.1, 0.15) is 0 Å². The van der Waals surface area contributed by atoms with Crippen molar-refractivity contribution in [1.82, 2.24) is 0 Å². The summed E-state index contributed by atoms with van der Waals surface area (Å²) in [6.45, 7) is 0.